The molecule has 2 N–H and O–H groups in total. The lowest BCUT2D eigenvalue weighted by Gasteiger charge is -2.19. The van der Waals surface area contributed by atoms with Gasteiger partial charge in [0, 0.05) is 25.6 Å². The van der Waals surface area contributed by atoms with Gasteiger partial charge >= 0.3 is 0 Å². The van der Waals surface area contributed by atoms with Gasteiger partial charge in [0.1, 0.15) is 17.7 Å². The Labute approximate surface area is 165 Å². The second-order valence-corrected chi connectivity index (χ2v) is 7.45. The van der Waals surface area contributed by atoms with E-state index in [0.29, 0.717) is 24.8 Å². The van der Waals surface area contributed by atoms with Gasteiger partial charge in [-0.3, -0.25) is 4.79 Å². The van der Waals surface area contributed by atoms with Crippen LogP contribution in [0.2, 0.25) is 0 Å². The number of aryl methyl sites for hydroxylation is 1. The summed E-state index contributed by atoms with van der Waals surface area (Å²) in [4.78, 5) is 12.8. The minimum Gasteiger partial charge on any atom is -0.353 e. The molecule has 28 heavy (non-hydrogen) atoms. The third-order valence-electron chi connectivity index (χ3n) is 5.29. The van der Waals surface area contributed by atoms with Gasteiger partial charge in [-0.1, -0.05) is 37.8 Å². The maximum Gasteiger partial charge on any atom is 0.245 e. The average Bonchev–Trinajstić information content (AvgIpc) is 2.93. The van der Waals surface area contributed by atoms with Gasteiger partial charge in [-0.2, -0.15) is 0 Å². The highest BCUT2D eigenvalue weighted by Crippen LogP contribution is 2.17. The Hall–Kier alpha value is -2.35. The van der Waals surface area contributed by atoms with Gasteiger partial charge in [0.25, 0.3) is 0 Å². The van der Waals surface area contributed by atoms with Gasteiger partial charge in [0.15, 0.2) is 0 Å². The van der Waals surface area contributed by atoms with Crippen molar-refractivity contribution in [3.05, 3.63) is 41.5 Å². The van der Waals surface area contributed by atoms with E-state index >= 15 is 0 Å². The van der Waals surface area contributed by atoms with E-state index < -0.39 is 6.04 Å². The number of nitrogens with zero attached hydrogens (tertiary/aromatic N) is 4. The largest absolute Gasteiger partial charge is 0.353 e. The number of hydrogen-bond donors (Lipinski definition) is 2. The van der Waals surface area contributed by atoms with Crippen LogP contribution in [0.25, 0.3) is 0 Å². The maximum atomic E-state index is 13.5. The van der Waals surface area contributed by atoms with E-state index in [1.54, 1.807) is 19.1 Å². The number of carbonyl (C=O) groups is 1. The van der Waals surface area contributed by atoms with Crippen molar-refractivity contribution >= 4 is 5.91 Å². The highest BCUT2D eigenvalue weighted by Gasteiger charge is 2.24. The van der Waals surface area contributed by atoms with Gasteiger partial charge in [0.05, 0.1) is 0 Å². The smallest absolute Gasteiger partial charge is 0.245 e. The number of benzene rings is 1. The predicted octanol–water partition coefficient (Wildman–Crippen LogP) is 2.33. The number of tetrazole rings is 1. The Morgan fingerprint density at radius 1 is 1.25 bits per heavy atom. The van der Waals surface area contributed by atoms with Crippen LogP contribution < -0.4 is 10.6 Å². The summed E-state index contributed by atoms with van der Waals surface area (Å²) >= 11 is 0. The quantitative estimate of drug-likeness (QED) is 0.536. The lowest BCUT2D eigenvalue weighted by Crippen LogP contribution is -2.40. The Bertz CT molecular complexity index is 757. The molecule has 1 fully saturated rings. The number of amides is 1. The van der Waals surface area contributed by atoms with Crippen molar-refractivity contribution in [3.63, 3.8) is 0 Å². The van der Waals surface area contributed by atoms with Gasteiger partial charge in [-0.05, 0) is 47.9 Å². The molecular weight excluding hydrogens is 359 g/mol. The van der Waals surface area contributed by atoms with Crippen LogP contribution in [-0.2, 0) is 11.2 Å². The van der Waals surface area contributed by atoms with Crippen LogP contribution in [0.3, 0.4) is 0 Å². The first-order valence-corrected chi connectivity index (χ1v) is 10.1. The minimum absolute atomic E-state index is 0.165. The molecule has 1 atom stereocenters. The summed E-state index contributed by atoms with van der Waals surface area (Å²) in [6.07, 6.45) is 7.94. The van der Waals surface area contributed by atoms with E-state index in [2.05, 4.69) is 26.2 Å². The lowest BCUT2D eigenvalue weighted by atomic mass is 10.0. The molecule has 152 valence electrons. The number of rotatable bonds is 8. The van der Waals surface area contributed by atoms with Crippen LogP contribution in [0, 0.1) is 12.7 Å². The molecule has 1 saturated carbocycles. The van der Waals surface area contributed by atoms with E-state index in [4.69, 9.17) is 0 Å². The van der Waals surface area contributed by atoms with Crippen LogP contribution in [0.4, 0.5) is 4.39 Å². The summed E-state index contributed by atoms with van der Waals surface area (Å²) in [5.41, 5.74) is 0.728. The molecule has 0 aliphatic heterocycles. The van der Waals surface area contributed by atoms with Crippen molar-refractivity contribution in [1.29, 1.82) is 0 Å². The standard InChI is InChI=1S/C20H29FN6O/c1-15-24-25-26-27(15)19(14-16-7-6-8-17(21)13-16)20(28)23-12-11-22-18-9-4-2-3-5-10-18/h6-8,13,18-19,22H,2-5,9-12,14H2,1H3,(H,23,28). The van der Waals surface area contributed by atoms with Crippen LogP contribution in [0.1, 0.15) is 56.0 Å². The molecule has 7 nitrogen and oxygen atoms in total. The summed E-state index contributed by atoms with van der Waals surface area (Å²) in [5.74, 6) is 0.0631. The highest BCUT2D eigenvalue weighted by atomic mass is 19.1. The fourth-order valence-electron chi connectivity index (χ4n) is 3.77. The van der Waals surface area contributed by atoms with E-state index in [9.17, 15) is 9.18 Å². The first-order chi connectivity index (χ1) is 13.6. The zero-order chi connectivity index (χ0) is 19.8. The summed E-state index contributed by atoms with van der Waals surface area (Å²) in [7, 11) is 0. The first kappa shape index (κ1) is 20.4. The van der Waals surface area contributed by atoms with Gasteiger partial charge in [-0.15, -0.1) is 5.10 Å². The van der Waals surface area contributed by atoms with Crippen molar-refractivity contribution in [2.45, 2.75) is 64.0 Å². The lowest BCUT2D eigenvalue weighted by molar-refractivity contribution is -0.124. The third kappa shape index (κ3) is 5.82. The predicted molar refractivity (Wildman–Crippen MR) is 104 cm³/mol. The average molecular weight is 388 g/mol. The molecule has 0 saturated heterocycles. The van der Waals surface area contributed by atoms with E-state index in [-0.39, 0.29) is 11.7 Å². The van der Waals surface area contributed by atoms with Crippen molar-refractivity contribution in [2.24, 2.45) is 0 Å². The van der Waals surface area contributed by atoms with E-state index in [1.165, 1.54) is 55.3 Å². The zero-order valence-corrected chi connectivity index (χ0v) is 16.4. The van der Waals surface area contributed by atoms with E-state index in [0.717, 1.165) is 12.1 Å². The Balaban J connectivity index is 1.56. The molecule has 8 heteroatoms. The molecule has 3 rings (SSSR count). The van der Waals surface area contributed by atoms with Gasteiger partial charge < -0.3 is 10.6 Å². The molecule has 0 bridgehead atoms. The van der Waals surface area contributed by atoms with Crippen molar-refractivity contribution < 1.29 is 9.18 Å². The van der Waals surface area contributed by atoms with Gasteiger partial charge in [-0.25, -0.2) is 9.07 Å². The molecule has 1 aliphatic rings. The Morgan fingerprint density at radius 3 is 2.71 bits per heavy atom. The second-order valence-electron chi connectivity index (χ2n) is 7.45. The zero-order valence-electron chi connectivity index (χ0n) is 16.4. The fraction of sp³-hybridized carbons (Fsp3) is 0.600. The monoisotopic (exact) mass is 388 g/mol. The minimum atomic E-state index is -0.616. The molecule has 1 amide bonds. The number of hydrogen-bond acceptors (Lipinski definition) is 5. The van der Waals surface area contributed by atoms with Crippen LogP contribution in [-0.4, -0.2) is 45.2 Å². The summed E-state index contributed by atoms with van der Waals surface area (Å²) in [5, 5.41) is 18.0. The molecule has 1 unspecified atom stereocenters. The molecule has 0 spiro atoms. The first-order valence-electron chi connectivity index (χ1n) is 10.1. The maximum absolute atomic E-state index is 13.5. The topological polar surface area (TPSA) is 84.7 Å². The van der Waals surface area contributed by atoms with Crippen LogP contribution >= 0.6 is 0 Å². The number of halogens is 1. The fourth-order valence-corrected chi connectivity index (χ4v) is 3.77. The van der Waals surface area contributed by atoms with Crippen LogP contribution in [0.15, 0.2) is 24.3 Å². The second kappa shape index (κ2) is 10.3. The highest BCUT2D eigenvalue weighted by molar-refractivity contribution is 5.80. The number of nitrogens with one attached hydrogen (secondary N) is 2. The Morgan fingerprint density at radius 2 is 2.04 bits per heavy atom. The SMILES string of the molecule is Cc1nnnn1C(Cc1cccc(F)c1)C(=O)NCCNC1CCCCCC1. The van der Waals surface area contributed by atoms with Crippen molar-refractivity contribution in [3.8, 4) is 0 Å². The molecule has 1 heterocycles. The van der Waals surface area contributed by atoms with Crippen molar-refractivity contribution in [1.82, 2.24) is 30.8 Å². The number of carbonyl (C=O) groups excluding carboxylic acids is 1. The van der Waals surface area contributed by atoms with Gasteiger partial charge in [0.2, 0.25) is 5.91 Å². The third-order valence-corrected chi connectivity index (χ3v) is 5.29. The molecule has 1 aromatic carbocycles. The normalized spacial score (nSPS) is 16.5. The molecule has 0 radical (unpaired) electrons. The summed E-state index contributed by atoms with van der Waals surface area (Å²) in [6, 6.07) is 6.20. The van der Waals surface area contributed by atoms with E-state index in [1.807, 2.05) is 0 Å². The van der Waals surface area contributed by atoms with Crippen LogP contribution in [0.5, 0.6) is 0 Å². The van der Waals surface area contributed by atoms with Crippen molar-refractivity contribution in [2.75, 3.05) is 13.1 Å². The molecule has 1 aliphatic carbocycles. The molecular formula is C20H29FN6O. The number of aromatic nitrogens is 4. The molecule has 1 aromatic heterocycles. The summed E-state index contributed by atoms with van der Waals surface area (Å²) in [6.45, 7) is 3.02. The summed E-state index contributed by atoms with van der Waals surface area (Å²) < 4.78 is 15.0. The Kier molecular flexibility index (Phi) is 7.47. The molecule has 2 aromatic rings.